The van der Waals surface area contributed by atoms with Crippen molar-refractivity contribution in [2.45, 2.75) is 31.2 Å². The standard InChI is InChI=1S/C18H15N3S/c1-12-5-2-3-6-13(12)17-15-8-4-7-14(15)16(11-20)18(21-17)22-10-9-19/h2-3,5-6H,4,7-8,10H2,1H3. The van der Waals surface area contributed by atoms with Gasteiger partial charge in [-0.15, -0.1) is 0 Å². The number of hydrogen-bond acceptors (Lipinski definition) is 4. The van der Waals surface area contributed by atoms with Crippen LogP contribution in [0, 0.1) is 29.6 Å². The summed E-state index contributed by atoms with van der Waals surface area (Å²) in [5.74, 6) is 0.313. The molecule has 0 saturated heterocycles. The van der Waals surface area contributed by atoms with Gasteiger partial charge in [-0.25, -0.2) is 4.98 Å². The minimum Gasteiger partial charge on any atom is -0.240 e. The fraction of sp³-hybridized carbons (Fsp3) is 0.278. The summed E-state index contributed by atoms with van der Waals surface area (Å²) in [6.45, 7) is 2.08. The predicted octanol–water partition coefficient (Wildman–Crippen LogP) is 4.03. The predicted molar refractivity (Wildman–Crippen MR) is 87.5 cm³/mol. The summed E-state index contributed by atoms with van der Waals surface area (Å²) in [5, 5.41) is 19.0. The van der Waals surface area contributed by atoms with Crippen molar-refractivity contribution in [3.05, 3.63) is 46.5 Å². The average Bonchev–Trinajstić information content (AvgIpc) is 3.02. The van der Waals surface area contributed by atoms with Gasteiger partial charge in [0, 0.05) is 5.56 Å². The van der Waals surface area contributed by atoms with E-state index in [4.69, 9.17) is 10.2 Å². The highest BCUT2D eigenvalue weighted by Crippen LogP contribution is 2.38. The first-order valence-electron chi connectivity index (χ1n) is 7.28. The van der Waals surface area contributed by atoms with Crippen molar-refractivity contribution in [2.24, 2.45) is 0 Å². The van der Waals surface area contributed by atoms with Gasteiger partial charge in [0.25, 0.3) is 0 Å². The molecule has 0 bridgehead atoms. The SMILES string of the molecule is Cc1ccccc1-c1nc(SCC#N)c(C#N)c2c1CCC2. The normalized spacial score (nSPS) is 12.5. The summed E-state index contributed by atoms with van der Waals surface area (Å²) < 4.78 is 0. The number of nitriles is 2. The highest BCUT2D eigenvalue weighted by atomic mass is 32.2. The van der Waals surface area contributed by atoms with Gasteiger partial charge in [0.1, 0.15) is 11.1 Å². The first kappa shape index (κ1) is 14.6. The van der Waals surface area contributed by atoms with Crippen LogP contribution in [0.5, 0.6) is 0 Å². The van der Waals surface area contributed by atoms with Crippen LogP contribution in [0.1, 0.15) is 28.7 Å². The summed E-state index contributed by atoms with van der Waals surface area (Å²) in [6.07, 6.45) is 2.97. The molecular formula is C18H15N3S. The molecule has 0 aliphatic heterocycles. The molecule has 2 aromatic rings. The molecule has 1 aliphatic carbocycles. The van der Waals surface area contributed by atoms with Gasteiger partial charge in [-0.3, -0.25) is 0 Å². The van der Waals surface area contributed by atoms with E-state index in [2.05, 4.69) is 31.2 Å². The van der Waals surface area contributed by atoms with Crippen molar-refractivity contribution >= 4 is 11.8 Å². The van der Waals surface area contributed by atoms with Crippen molar-refractivity contribution in [3.8, 4) is 23.4 Å². The second kappa shape index (κ2) is 6.22. The number of aryl methyl sites for hydroxylation is 1. The Balaban J connectivity index is 2.24. The summed E-state index contributed by atoms with van der Waals surface area (Å²) in [7, 11) is 0. The van der Waals surface area contributed by atoms with Crippen LogP contribution in [0.15, 0.2) is 29.3 Å². The minimum absolute atomic E-state index is 0.313. The van der Waals surface area contributed by atoms with E-state index in [-0.39, 0.29) is 0 Å². The van der Waals surface area contributed by atoms with E-state index in [1.807, 2.05) is 12.1 Å². The molecule has 3 nitrogen and oxygen atoms in total. The minimum atomic E-state index is 0.313. The molecule has 0 N–H and O–H groups in total. The molecular weight excluding hydrogens is 290 g/mol. The van der Waals surface area contributed by atoms with Crippen molar-refractivity contribution in [3.63, 3.8) is 0 Å². The van der Waals surface area contributed by atoms with Gasteiger partial charge in [-0.2, -0.15) is 10.5 Å². The Morgan fingerprint density at radius 1 is 1.18 bits per heavy atom. The Labute approximate surface area is 134 Å². The van der Waals surface area contributed by atoms with E-state index >= 15 is 0 Å². The van der Waals surface area contributed by atoms with E-state index in [1.165, 1.54) is 22.9 Å². The largest absolute Gasteiger partial charge is 0.240 e. The Morgan fingerprint density at radius 2 is 1.95 bits per heavy atom. The van der Waals surface area contributed by atoms with Crippen LogP contribution in [0.2, 0.25) is 0 Å². The highest BCUT2D eigenvalue weighted by molar-refractivity contribution is 7.99. The fourth-order valence-corrected chi connectivity index (χ4v) is 3.69. The summed E-state index contributed by atoms with van der Waals surface area (Å²) in [6, 6.07) is 12.6. The van der Waals surface area contributed by atoms with E-state index in [0.717, 1.165) is 36.1 Å². The summed E-state index contributed by atoms with van der Waals surface area (Å²) >= 11 is 1.36. The summed E-state index contributed by atoms with van der Waals surface area (Å²) in [4.78, 5) is 4.77. The maximum absolute atomic E-state index is 9.51. The fourth-order valence-electron chi connectivity index (χ4n) is 3.02. The molecule has 0 saturated carbocycles. The number of aromatic nitrogens is 1. The zero-order valence-corrected chi connectivity index (χ0v) is 13.2. The van der Waals surface area contributed by atoms with Gasteiger partial charge in [-0.1, -0.05) is 36.0 Å². The topological polar surface area (TPSA) is 60.5 Å². The van der Waals surface area contributed by atoms with E-state index in [9.17, 15) is 5.26 Å². The quantitative estimate of drug-likeness (QED) is 0.803. The van der Waals surface area contributed by atoms with Crippen LogP contribution in [0.3, 0.4) is 0 Å². The number of fused-ring (bicyclic) bond motifs is 1. The van der Waals surface area contributed by atoms with Gasteiger partial charge >= 0.3 is 0 Å². The third-order valence-electron chi connectivity index (χ3n) is 4.02. The lowest BCUT2D eigenvalue weighted by atomic mass is 9.97. The van der Waals surface area contributed by atoms with Crippen molar-refractivity contribution in [2.75, 3.05) is 5.75 Å². The molecule has 1 aliphatic rings. The van der Waals surface area contributed by atoms with E-state index in [0.29, 0.717) is 16.3 Å². The Hall–Kier alpha value is -2.30. The second-order valence-corrected chi connectivity index (χ2v) is 6.29. The molecule has 0 radical (unpaired) electrons. The smallest absolute Gasteiger partial charge is 0.116 e. The molecule has 108 valence electrons. The van der Waals surface area contributed by atoms with Gasteiger partial charge < -0.3 is 0 Å². The molecule has 3 rings (SSSR count). The van der Waals surface area contributed by atoms with Gasteiger partial charge in [0.2, 0.25) is 0 Å². The van der Waals surface area contributed by atoms with E-state index < -0.39 is 0 Å². The van der Waals surface area contributed by atoms with Crippen LogP contribution in [0.25, 0.3) is 11.3 Å². The van der Waals surface area contributed by atoms with Crippen LogP contribution in [-0.2, 0) is 12.8 Å². The lowest BCUT2D eigenvalue weighted by Gasteiger charge is -2.14. The Morgan fingerprint density at radius 3 is 2.68 bits per heavy atom. The van der Waals surface area contributed by atoms with Gasteiger partial charge in [0.15, 0.2) is 0 Å². The first-order valence-corrected chi connectivity index (χ1v) is 8.26. The lowest BCUT2D eigenvalue weighted by Crippen LogP contribution is -2.01. The maximum Gasteiger partial charge on any atom is 0.116 e. The number of hydrogen-bond donors (Lipinski definition) is 0. The number of nitrogens with zero attached hydrogens (tertiary/aromatic N) is 3. The zero-order chi connectivity index (χ0) is 15.5. The van der Waals surface area contributed by atoms with Crippen LogP contribution < -0.4 is 0 Å². The monoisotopic (exact) mass is 305 g/mol. The molecule has 0 fully saturated rings. The molecule has 1 aromatic carbocycles. The highest BCUT2D eigenvalue weighted by Gasteiger charge is 2.24. The molecule has 0 amide bonds. The lowest BCUT2D eigenvalue weighted by molar-refractivity contribution is 0.910. The molecule has 1 heterocycles. The van der Waals surface area contributed by atoms with Crippen molar-refractivity contribution < 1.29 is 0 Å². The first-order chi connectivity index (χ1) is 10.8. The molecule has 4 heteroatoms. The Bertz CT molecular complexity index is 812. The molecule has 0 atom stereocenters. The molecule has 0 unspecified atom stereocenters. The van der Waals surface area contributed by atoms with E-state index in [1.54, 1.807) is 0 Å². The van der Waals surface area contributed by atoms with Crippen LogP contribution >= 0.6 is 11.8 Å². The number of rotatable bonds is 3. The van der Waals surface area contributed by atoms with Crippen LogP contribution in [-0.4, -0.2) is 10.7 Å². The number of benzene rings is 1. The number of thioether (sulfide) groups is 1. The van der Waals surface area contributed by atoms with Gasteiger partial charge in [-0.05, 0) is 42.9 Å². The average molecular weight is 305 g/mol. The van der Waals surface area contributed by atoms with Crippen LogP contribution in [0.4, 0.5) is 0 Å². The number of pyridine rings is 1. The molecule has 1 aromatic heterocycles. The zero-order valence-electron chi connectivity index (χ0n) is 12.4. The Kier molecular flexibility index (Phi) is 4.13. The third kappa shape index (κ3) is 2.47. The second-order valence-electron chi connectivity index (χ2n) is 5.32. The maximum atomic E-state index is 9.51. The van der Waals surface area contributed by atoms with Gasteiger partial charge in [0.05, 0.1) is 23.1 Å². The summed E-state index contributed by atoms with van der Waals surface area (Å²) in [5.41, 5.74) is 6.33. The molecule has 0 spiro atoms. The molecule has 22 heavy (non-hydrogen) atoms. The third-order valence-corrected chi connectivity index (χ3v) is 4.86. The van der Waals surface area contributed by atoms with Crippen molar-refractivity contribution in [1.82, 2.24) is 4.98 Å². The van der Waals surface area contributed by atoms with Crippen molar-refractivity contribution in [1.29, 1.82) is 10.5 Å².